The number of aromatic nitrogens is 2. The first kappa shape index (κ1) is 11.0. The molecule has 5 heteroatoms. The lowest BCUT2D eigenvalue weighted by atomic mass is 10.1. The Hall–Kier alpha value is -1.46. The molecule has 0 radical (unpaired) electrons. The summed E-state index contributed by atoms with van der Waals surface area (Å²) in [5.74, 6) is 0.499. The summed E-state index contributed by atoms with van der Waals surface area (Å²) >= 11 is 1.64. The average molecular weight is 235 g/mol. The second-order valence-electron chi connectivity index (χ2n) is 3.45. The van der Waals surface area contributed by atoms with Gasteiger partial charge in [0.1, 0.15) is 0 Å². The number of ether oxygens (including phenoxy) is 1. The van der Waals surface area contributed by atoms with Crippen molar-refractivity contribution >= 4 is 11.3 Å². The van der Waals surface area contributed by atoms with Crippen molar-refractivity contribution in [3.63, 3.8) is 0 Å². The van der Waals surface area contributed by atoms with Crippen molar-refractivity contribution in [3.05, 3.63) is 39.7 Å². The van der Waals surface area contributed by atoms with E-state index in [-0.39, 0.29) is 6.04 Å². The second kappa shape index (κ2) is 4.59. The molecule has 1 atom stereocenters. The zero-order valence-electron chi connectivity index (χ0n) is 9.18. The summed E-state index contributed by atoms with van der Waals surface area (Å²) in [7, 11) is 1.56. The Bertz CT molecular complexity index is 466. The fraction of sp³-hybridized carbons (Fsp3) is 0.273. The SMILES string of the molecule is COc1ccc(C(N)c2sccc2C)nn1. The van der Waals surface area contributed by atoms with Gasteiger partial charge >= 0.3 is 0 Å². The third-order valence-electron chi connectivity index (χ3n) is 2.37. The first-order valence-corrected chi connectivity index (χ1v) is 5.77. The molecule has 2 aromatic rings. The first-order valence-electron chi connectivity index (χ1n) is 4.89. The Kier molecular flexibility index (Phi) is 3.17. The van der Waals surface area contributed by atoms with Crippen molar-refractivity contribution in [1.29, 1.82) is 0 Å². The molecule has 2 heterocycles. The van der Waals surface area contributed by atoms with Gasteiger partial charge in [-0.3, -0.25) is 0 Å². The van der Waals surface area contributed by atoms with Crippen LogP contribution in [0.2, 0.25) is 0 Å². The summed E-state index contributed by atoms with van der Waals surface area (Å²) in [6, 6.07) is 5.45. The highest BCUT2D eigenvalue weighted by atomic mass is 32.1. The molecule has 0 fully saturated rings. The first-order chi connectivity index (χ1) is 7.72. The maximum absolute atomic E-state index is 6.12. The van der Waals surface area contributed by atoms with E-state index in [9.17, 15) is 0 Å². The third kappa shape index (κ3) is 2.05. The minimum Gasteiger partial charge on any atom is -0.480 e. The minimum absolute atomic E-state index is 0.210. The van der Waals surface area contributed by atoms with Crippen molar-refractivity contribution < 1.29 is 4.74 Å². The highest BCUT2D eigenvalue weighted by molar-refractivity contribution is 7.10. The van der Waals surface area contributed by atoms with Crippen LogP contribution in [0.15, 0.2) is 23.6 Å². The number of rotatable bonds is 3. The molecule has 2 aromatic heterocycles. The highest BCUT2D eigenvalue weighted by Gasteiger charge is 2.14. The van der Waals surface area contributed by atoms with E-state index in [2.05, 4.69) is 16.3 Å². The zero-order chi connectivity index (χ0) is 11.5. The predicted molar refractivity (Wildman–Crippen MR) is 63.7 cm³/mol. The predicted octanol–water partition coefficient (Wildman–Crippen LogP) is 1.90. The lowest BCUT2D eigenvalue weighted by molar-refractivity contribution is 0.390. The average Bonchev–Trinajstić information content (AvgIpc) is 2.75. The molecule has 0 aliphatic carbocycles. The second-order valence-corrected chi connectivity index (χ2v) is 4.39. The van der Waals surface area contributed by atoms with E-state index in [1.165, 1.54) is 5.56 Å². The molecule has 0 aromatic carbocycles. The molecule has 1 unspecified atom stereocenters. The van der Waals surface area contributed by atoms with Crippen molar-refractivity contribution in [1.82, 2.24) is 10.2 Å². The molecular formula is C11H13N3OS. The van der Waals surface area contributed by atoms with Gasteiger partial charge in [0.15, 0.2) is 0 Å². The van der Waals surface area contributed by atoms with E-state index in [1.54, 1.807) is 24.5 Å². The van der Waals surface area contributed by atoms with E-state index in [1.807, 2.05) is 18.4 Å². The maximum atomic E-state index is 6.12. The molecule has 0 spiro atoms. The van der Waals surface area contributed by atoms with Crippen LogP contribution in [0.5, 0.6) is 5.88 Å². The molecule has 2 N–H and O–H groups in total. The molecule has 0 saturated heterocycles. The van der Waals surface area contributed by atoms with Gasteiger partial charge < -0.3 is 10.5 Å². The number of hydrogen-bond acceptors (Lipinski definition) is 5. The van der Waals surface area contributed by atoms with E-state index < -0.39 is 0 Å². The highest BCUT2D eigenvalue weighted by Crippen LogP contribution is 2.26. The van der Waals surface area contributed by atoms with Crippen molar-refractivity contribution in [3.8, 4) is 5.88 Å². The minimum atomic E-state index is -0.210. The van der Waals surface area contributed by atoms with Gasteiger partial charge in [0.25, 0.3) is 0 Å². The molecular weight excluding hydrogens is 222 g/mol. The number of methoxy groups -OCH3 is 1. The van der Waals surface area contributed by atoms with Gasteiger partial charge in [-0.15, -0.1) is 21.5 Å². The summed E-state index contributed by atoms with van der Waals surface area (Å²) in [5, 5.41) is 9.99. The van der Waals surface area contributed by atoms with Crippen LogP contribution >= 0.6 is 11.3 Å². The molecule has 0 aliphatic heterocycles. The van der Waals surface area contributed by atoms with E-state index in [0.29, 0.717) is 5.88 Å². The molecule has 0 saturated carbocycles. The van der Waals surface area contributed by atoms with Crippen LogP contribution in [0.3, 0.4) is 0 Å². The number of nitrogens with two attached hydrogens (primary N) is 1. The van der Waals surface area contributed by atoms with Gasteiger partial charge in [-0.2, -0.15) is 0 Å². The quantitative estimate of drug-likeness (QED) is 0.882. The summed E-state index contributed by atoms with van der Waals surface area (Å²) in [4.78, 5) is 1.12. The normalized spacial score (nSPS) is 12.4. The molecule has 0 amide bonds. The molecule has 0 bridgehead atoms. The van der Waals surface area contributed by atoms with E-state index >= 15 is 0 Å². The molecule has 0 aliphatic rings. The lowest BCUT2D eigenvalue weighted by Gasteiger charge is -2.09. The van der Waals surface area contributed by atoms with Crippen molar-refractivity contribution in [2.75, 3.05) is 7.11 Å². The fourth-order valence-corrected chi connectivity index (χ4v) is 2.38. The Morgan fingerprint density at radius 2 is 2.12 bits per heavy atom. The lowest BCUT2D eigenvalue weighted by Crippen LogP contribution is -2.13. The van der Waals surface area contributed by atoms with Gasteiger partial charge in [-0.1, -0.05) is 0 Å². The number of hydrogen-bond donors (Lipinski definition) is 1. The van der Waals surface area contributed by atoms with Crippen LogP contribution < -0.4 is 10.5 Å². The van der Waals surface area contributed by atoms with Crippen LogP contribution in [0, 0.1) is 6.92 Å². The molecule has 16 heavy (non-hydrogen) atoms. The standard InChI is InChI=1S/C11H13N3OS/c1-7-5-6-16-11(7)10(12)8-3-4-9(15-2)14-13-8/h3-6,10H,12H2,1-2H3. The molecule has 4 nitrogen and oxygen atoms in total. The number of nitrogens with zero attached hydrogens (tertiary/aromatic N) is 2. The van der Waals surface area contributed by atoms with E-state index in [0.717, 1.165) is 10.6 Å². The smallest absolute Gasteiger partial charge is 0.233 e. The summed E-state index contributed by atoms with van der Waals surface area (Å²) in [6.07, 6.45) is 0. The molecule has 2 rings (SSSR count). The summed E-state index contributed by atoms with van der Waals surface area (Å²) in [6.45, 7) is 2.04. The Balaban J connectivity index is 2.27. The summed E-state index contributed by atoms with van der Waals surface area (Å²) in [5.41, 5.74) is 8.07. The van der Waals surface area contributed by atoms with Crippen LogP contribution in [-0.2, 0) is 0 Å². The van der Waals surface area contributed by atoms with Gasteiger partial charge in [-0.05, 0) is 30.0 Å². The third-order valence-corrected chi connectivity index (χ3v) is 3.47. The number of thiophene rings is 1. The van der Waals surface area contributed by atoms with Crippen LogP contribution in [0.4, 0.5) is 0 Å². The van der Waals surface area contributed by atoms with Crippen LogP contribution in [0.1, 0.15) is 22.2 Å². The Morgan fingerprint density at radius 1 is 1.31 bits per heavy atom. The van der Waals surface area contributed by atoms with Crippen LogP contribution in [-0.4, -0.2) is 17.3 Å². The van der Waals surface area contributed by atoms with Gasteiger partial charge in [0.2, 0.25) is 5.88 Å². The van der Waals surface area contributed by atoms with Gasteiger partial charge in [0, 0.05) is 10.9 Å². The Morgan fingerprint density at radius 3 is 2.62 bits per heavy atom. The van der Waals surface area contributed by atoms with Gasteiger partial charge in [-0.25, -0.2) is 0 Å². The van der Waals surface area contributed by atoms with Gasteiger partial charge in [0.05, 0.1) is 18.8 Å². The number of aryl methyl sites for hydroxylation is 1. The summed E-state index contributed by atoms with van der Waals surface area (Å²) < 4.78 is 4.95. The van der Waals surface area contributed by atoms with Crippen molar-refractivity contribution in [2.45, 2.75) is 13.0 Å². The zero-order valence-corrected chi connectivity index (χ0v) is 9.99. The van der Waals surface area contributed by atoms with E-state index in [4.69, 9.17) is 10.5 Å². The fourth-order valence-electron chi connectivity index (χ4n) is 1.44. The molecule has 84 valence electrons. The van der Waals surface area contributed by atoms with Crippen LogP contribution in [0.25, 0.3) is 0 Å². The largest absolute Gasteiger partial charge is 0.480 e. The Labute approximate surface area is 98.1 Å². The topological polar surface area (TPSA) is 61.0 Å². The maximum Gasteiger partial charge on any atom is 0.233 e. The van der Waals surface area contributed by atoms with Crippen molar-refractivity contribution in [2.24, 2.45) is 5.73 Å². The monoisotopic (exact) mass is 235 g/mol.